The second kappa shape index (κ2) is 6.80. The van der Waals surface area contributed by atoms with E-state index in [2.05, 4.69) is 4.90 Å². The summed E-state index contributed by atoms with van der Waals surface area (Å²) in [7, 11) is 1.96. The Balaban J connectivity index is 0.00000225. The molecule has 0 spiro atoms. The number of hydrogen-bond acceptors (Lipinski definition) is 5. The zero-order chi connectivity index (χ0) is 11.4. The summed E-state index contributed by atoms with van der Waals surface area (Å²) in [6.07, 6.45) is 0. The number of nitrogens with zero attached hydrogens (tertiary/aromatic N) is 2. The molecule has 0 aromatic carbocycles. The minimum absolute atomic E-state index is 0. The van der Waals surface area contributed by atoms with Gasteiger partial charge in [0.15, 0.2) is 0 Å². The maximum atomic E-state index is 10.5. The summed E-state index contributed by atoms with van der Waals surface area (Å²) in [5.74, 6) is 0. The third kappa shape index (κ3) is 4.05. The van der Waals surface area contributed by atoms with E-state index in [1.54, 1.807) is 6.07 Å². The highest BCUT2D eigenvalue weighted by molar-refractivity contribution is 7.13. The van der Waals surface area contributed by atoms with Crippen molar-refractivity contribution in [3.8, 4) is 0 Å². The van der Waals surface area contributed by atoms with Crippen LogP contribution in [0.1, 0.15) is 12.5 Å². The fourth-order valence-corrected chi connectivity index (χ4v) is 1.89. The second-order valence-corrected chi connectivity index (χ2v) is 4.44. The Labute approximate surface area is 105 Å². The van der Waals surface area contributed by atoms with Crippen LogP contribution in [0.15, 0.2) is 11.4 Å². The van der Waals surface area contributed by atoms with Gasteiger partial charge < -0.3 is 5.73 Å². The zero-order valence-electron chi connectivity index (χ0n) is 9.25. The molecule has 0 aliphatic heterocycles. The van der Waals surface area contributed by atoms with Crippen molar-refractivity contribution in [2.75, 3.05) is 13.6 Å². The number of halogens is 1. The van der Waals surface area contributed by atoms with Gasteiger partial charge in [-0.1, -0.05) is 11.3 Å². The number of nitro groups is 1. The molecule has 0 aliphatic carbocycles. The Kier molecular flexibility index (Phi) is 6.51. The van der Waals surface area contributed by atoms with Crippen LogP contribution in [0.5, 0.6) is 0 Å². The Bertz CT molecular complexity index is 345. The molecule has 16 heavy (non-hydrogen) atoms. The van der Waals surface area contributed by atoms with Crippen LogP contribution in [0.3, 0.4) is 0 Å². The largest absolute Gasteiger partial charge is 0.329 e. The smallest absolute Gasteiger partial charge is 0.324 e. The lowest BCUT2D eigenvalue weighted by molar-refractivity contribution is -0.380. The van der Waals surface area contributed by atoms with Crippen molar-refractivity contribution in [1.29, 1.82) is 0 Å². The molecule has 1 unspecified atom stereocenters. The van der Waals surface area contributed by atoms with Crippen molar-refractivity contribution in [3.05, 3.63) is 27.1 Å². The molecule has 0 fully saturated rings. The first-order valence-corrected chi connectivity index (χ1v) is 5.54. The Morgan fingerprint density at radius 1 is 1.69 bits per heavy atom. The lowest BCUT2D eigenvalue weighted by atomic mass is 10.2. The highest BCUT2D eigenvalue weighted by atomic mass is 35.5. The van der Waals surface area contributed by atoms with E-state index in [4.69, 9.17) is 5.73 Å². The summed E-state index contributed by atoms with van der Waals surface area (Å²) < 4.78 is 0. The monoisotopic (exact) mass is 265 g/mol. The van der Waals surface area contributed by atoms with Gasteiger partial charge in [0.05, 0.1) is 4.92 Å². The summed E-state index contributed by atoms with van der Waals surface area (Å²) in [5, 5.41) is 12.5. The van der Waals surface area contributed by atoms with Crippen molar-refractivity contribution in [2.24, 2.45) is 5.73 Å². The lowest BCUT2D eigenvalue weighted by Crippen LogP contribution is -2.34. The molecule has 0 radical (unpaired) electrons. The predicted octanol–water partition coefficient (Wildman–Crippen LogP) is 1.86. The van der Waals surface area contributed by atoms with Crippen molar-refractivity contribution in [1.82, 2.24) is 4.90 Å². The zero-order valence-corrected chi connectivity index (χ0v) is 10.9. The summed E-state index contributed by atoms with van der Waals surface area (Å²) in [6, 6.07) is 1.90. The van der Waals surface area contributed by atoms with E-state index in [0.29, 0.717) is 13.1 Å². The van der Waals surface area contributed by atoms with Crippen molar-refractivity contribution >= 4 is 28.7 Å². The first-order chi connectivity index (χ1) is 7.04. The Morgan fingerprint density at radius 2 is 2.31 bits per heavy atom. The maximum Gasteiger partial charge on any atom is 0.324 e. The number of rotatable bonds is 5. The summed E-state index contributed by atoms with van der Waals surface area (Å²) >= 11 is 1.16. The van der Waals surface area contributed by atoms with E-state index >= 15 is 0 Å². The maximum absolute atomic E-state index is 10.5. The molecule has 0 saturated heterocycles. The molecule has 0 aliphatic rings. The van der Waals surface area contributed by atoms with Crippen LogP contribution in [-0.4, -0.2) is 29.5 Å². The average Bonchev–Trinajstić information content (AvgIpc) is 2.65. The summed E-state index contributed by atoms with van der Waals surface area (Å²) in [4.78, 5) is 12.2. The van der Waals surface area contributed by atoms with Gasteiger partial charge in [-0.3, -0.25) is 15.0 Å². The minimum atomic E-state index is -0.361. The number of likely N-dealkylation sites (N-methyl/N-ethyl adjacent to an activating group) is 1. The molecule has 1 aromatic heterocycles. The van der Waals surface area contributed by atoms with Gasteiger partial charge in [-0.15, -0.1) is 12.4 Å². The Hall–Kier alpha value is -0.690. The van der Waals surface area contributed by atoms with Gasteiger partial charge in [0.2, 0.25) is 0 Å². The van der Waals surface area contributed by atoms with E-state index in [1.807, 2.05) is 19.4 Å². The molecule has 0 saturated carbocycles. The molecule has 5 nitrogen and oxygen atoms in total. The SMILES string of the molecule is CC(CN)N(C)Cc1csc([N+](=O)[O-])c1.Cl. The van der Waals surface area contributed by atoms with Crippen molar-refractivity contribution in [2.45, 2.75) is 19.5 Å². The summed E-state index contributed by atoms with van der Waals surface area (Å²) in [6.45, 7) is 3.31. The van der Waals surface area contributed by atoms with Gasteiger partial charge in [0, 0.05) is 30.6 Å². The van der Waals surface area contributed by atoms with Gasteiger partial charge in [-0.05, 0) is 19.5 Å². The number of nitrogens with two attached hydrogens (primary N) is 1. The summed E-state index contributed by atoms with van der Waals surface area (Å²) in [5.41, 5.74) is 6.50. The fraction of sp³-hybridized carbons (Fsp3) is 0.556. The van der Waals surface area contributed by atoms with Crippen LogP contribution in [0, 0.1) is 10.1 Å². The van der Waals surface area contributed by atoms with Crippen LogP contribution < -0.4 is 5.73 Å². The van der Waals surface area contributed by atoms with Crippen LogP contribution >= 0.6 is 23.7 Å². The highest BCUT2D eigenvalue weighted by Crippen LogP contribution is 2.23. The highest BCUT2D eigenvalue weighted by Gasteiger charge is 2.13. The van der Waals surface area contributed by atoms with Gasteiger partial charge in [-0.25, -0.2) is 0 Å². The molecular weight excluding hydrogens is 250 g/mol. The number of thiophene rings is 1. The standard InChI is InChI=1S/C9H15N3O2S.ClH/c1-7(4-10)11(2)5-8-3-9(12(13)14)15-6-8;/h3,6-7H,4-5,10H2,1-2H3;1H. The van der Waals surface area contributed by atoms with E-state index in [1.165, 1.54) is 0 Å². The van der Waals surface area contributed by atoms with Crippen molar-refractivity contribution < 1.29 is 4.92 Å². The van der Waals surface area contributed by atoms with E-state index in [9.17, 15) is 10.1 Å². The first kappa shape index (κ1) is 15.3. The molecular formula is C9H16ClN3O2S. The Morgan fingerprint density at radius 3 is 2.75 bits per heavy atom. The van der Waals surface area contributed by atoms with E-state index in [0.717, 1.165) is 16.9 Å². The molecule has 0 amide bonds. The van der Waals surface area contributed by atoms with Crippen LogP contribution in [-0.2, 0) is 6.54 Å². The van der Waals surface area contributed by atoms with Gasteiger partial charge in [-0.2, -0.15) is 0 Å². The topological polar surface area (TPSA) is 72.4 Å². The average molecular weight is 266 g/mol. The predicted molar refractivity (Wildman–Crippen MR) is 68.2 cm³/mol. The lowest BCUT2D eigenvalue weighted by Gasteiger charge is -2.22. The molecule has 0 bridgehead atoms. The quantitative estimate of drug-likeness (QED) is 0.651. The minimum Gasteiger partial charge on any atom is -0.329 e. The fourth-order valence-electron chi connectivity index (χ4n) is 1.17. The van der Waals surface area contributed by atoms with E-state index in [-0.39, 0.29) is 28.4 Å². The number of hydrogen-bond donors (Lipinski definition) is 1. The van der Waals surface area contributed by atoms with E-state index < -0.39 is 0 Å². The van der Waals surface area contributed by atoms with Crippen LogP contribution in [0.25, 0.3) is 0 Å². The van der Waals surface area contributed by atoms with Crippen LogP contribution in [0.4, 0.5) is 5.00 Å². The molecule has 1 aromatic rings. The molecule has 7 heteroatoms. The van der Waals surface area contributed by atoms with Crippen molar-refractivity contribution in [3.63, 3.8) is 0 Å². The molecule has 2 N–H and O–H groups in total. The first-order valence-electron chi connectivity index (χ1n) is 4.66. The molecule has 1 atom stereocenters. The van der Waals surface area contributed by atoms with Crippen LogP contribution in [0.2, 0.25) is 0 Å². The molecule has 1 heterocycles. The third-order valence-corrected chi connectivity index (χ3v) is 3.27. The molecule has 92 valence electrons. The van der Waals surface area contributed by atoms with Gasteiger partial charge in [0.25, 0.3) is 0 Å². The second-order valence-electron chi connectivity index (χ2n) is 3.55. The van der Waals surface area contributed by atoms with Gasteiger partial charge in [0.1, 0.15) is 0 Å². The van der Waals surface area contributed by atoms with Gasteiger partial charge >= 0.3 is 5.00 Å². The third-order valence-electron chi connectivity index (χ3n) is 2.35. The normalized spacial score (nSPS) is 12.2. The molecule has 1 rings (SSSR count).